The number of benzene rings is 2. The highest BCUT2D eigenvalue weighted by atomic mass is 19.4. The zero-order valence-corrected chi connectivity index (χ0v) is 18.8. The van der Waals surface area contributed by atoms with E-state index in [9.17, 15) is 22.8 Å². The molecule has 35 heavy (non-hydrogen) atoms. The zero-order chi connectivity index (χ0) is 25.0. The van der Waals surface area contributed by atoms with Gasteiger partial charge in [-0.3, -0.25) is 25.9 Å². The van der Waals surface area contributed by atoms with Crippen LogP contribution in [0.25, 0.3) is 0 Å². The molecule has 182 valence electrons. The monoisotopic (exact) mass is 484 g/mol. The third kappa shape index (κ3) is 5.71. The number of carbonyl (C=O) groups excluding carboxylic acids is 2. The van der Waals surface area contributed by atoms with E-state index in [0.29, 0.717) is 41.9 Å². The molecule has 10 heteroatoms. The fourth-order valence-electron chi connectivity index (χ4n) is 3.90. The van der Waals surface area contributed by atoms with Crippen molar-refractivity contribution in [1.82, 2.24) is 10.9 Å². The lowest BCUT2D eigenvalue weighted by Crippen LogP contribution is -2.42. The predicted molar refractivity (Wildman–Crippen MR) is 124 cm³/mol. The largest absolute Gasteiger partial charge is 0.455 e. The van der Waals surface area contributed by atoms with Gasteiger partial charge in [0, 0.05) is 17.5 Å². The molecule has 0 unspecified atom stereocenters. The van der Waals surface area contributed by atoms with Crippen molar-refractivity contribution >= 4 is 23.2 Å². The summed E-state index contributed by atoms with van der Waals surface area (Å²) in [6.45, 7) is 1.70. The summed E-state index contributed by atoms with van der Waals surface area (Å²) in [5.74, 6) is -0.377. The van der Waals surface area contributed by atoms with Gasteiger partial charge in [0.25, 0.3) is 0 Å². The van der Waals surface area contributed by atoms with Crippen LogP contribution in [0.1, 0.15) is 51.4 Å². The quantitative estimate of drug-likeness (QED) is 0.455. The molecule has 0 saturated carbocycles. The Labute approximate surface area is 199 Å². The molecule has 1 aromatic heterocycles. The van der Waals surface area contributed by atoms with Gasteiger partial charge in [0.1, 0.15) is 5.76 Å². The molecule has 0 radical (unpaired) electrons. The number of aryl methyl sites for hydroxylation is 1. The lowest BCUT2D eigenvalue weighted by atomic mass is 9.93. The van der Waals surface area contributed by atoms with Crippen LogP contribution in [0.15, 0.2) is 64.1 Å². The first kappa shape index (κ1) is 24.1. The van der Waals surface area contributed by atoms with Crippen LogP contribution in [-0.4, -0.2) is 17.5 Å². The molecule has 0 spiro atoms. The molecule has 2 amide bonds. The van der Waals surface area contributed by atoms with Crippen LogP contribution in [0.5, 0.6) is 0 Å². The number of rotatable bonds is 5. The second-order valence-electron chi connectivity index (χ2n) is 8.12. The molecule has 1 aliphatic carbocycles. The van der Waals surface area contributed by atoms with Crippen LogP contribution in [-0.2, 0) is 23.8 Å². The van der Waals surface area contributed by atoms with Crippen molar-refractivity contribution in [3.63, 3.8) is 0 Å². The summed E-state index contributed by atoms with van der Waals surface area (Å²) in [7, 11) is 0. The third-order valence-corrected chi connectivity index (χ3v) is 5.56. The Morgan fingerprint density at radius 3 is 2.54 bits per heavy atom. The molecule has 0 atom stereocenters. The Kier molecular flexibility index (Phi) is 6.90. The van der Waals surface area contributed by atoms with E-state index in [4.69, 9.17) is 4.42 Å². The van der Waals surface area contributed by atoms with Gasteiger partial charge in [-0.2, -0.15) is 18.3 Å². The average Bonchev–Trinajstić information content (AvgIpc) is 3.18. The highest BCUT2D eigenvalue weighted by Gasteiger charge is 2.31. The molecule has 1 heterocycles. The van der Waals surface area contributed by atoms with E-state index in [1.54, 1.807) is 19.1 Å². The third-order valence-electron chi connectivity index (χ3n) is 5.56. The minimum atomic E-state index is -4.46. The van der Waals surface area contributed by atoms with Crippen molar-refractivity contribution in [2.45, 2.75) is 38.8 Å². The van der Waals surface area contributed by atoms with Crippen LogP contribution in [0, 0.1) is 6.92 Å². The van der Waals surface area contributed by atoms with E-state index in [2.05, 4.69) is 21.4 Å². The van der Waals surface area contributed by atoms with E-state index in [0.717, 1.165) is 17.7 Å². The predicted octanol–water partition coefficient (Wildman–Crippen LogP) is 4.76. The first-order valence-electron chi connectivity index (χ1n) is 11.0. The van der Waals surface area contributed by atoms with E-state index >= 15 is 0 Å². The number of furan rings is 1. The molecule has 3 N–H and O–H groups in total. The van der Waals surface area contributed by atoms with Crippen molar-refractivity contribution < 1.29 is 27.2 Å². The van der Waals surface area contributed by atoms with Crippen molar-refractivity contribution in [1.29, 1.82) is 0 Å². The fourth-order valence-corrected chi connectivity index (χ4v) is 3.90. The smallest absolute Gasteiger partial charge is 0.416 e. The number of amides is 2. The molecule has 0 saturated heterocycles. The van der Waals surface area contributed by atoms with Gasteiger partial charge in [0.15, 0.2) is 5.76 Å². The normalized spacial score (nSPS) is 14.3. The van der Waals surface area contributed by atoms with Crippen LogP contribution in [0.2, 0.25) is 0 Å². The molecule has 3 aromatic rings. The molecule has 0 bridgehead atoms. The highest BCUT2D eigenvalue weighted by Crippen LogP contribution is 2.32. The van der Waals surface area contributed by atoms with E-state index < -0.39 is 17.6 Å². The van der Waals surface area contributed by atoms with Gasteiger partial charge in [0.05, 0.1) is 23.4 Å². The zero-order valence-electron chi connectivity index (χ0n) is 18.8. The summed E-state index contributed by atoms with van der Waals surface area (Å²) in [4.78, 5) is 24.8. The van der Waals surface area contributed by atoms with Gasteiger partial charge in [-0.15, -0.1) is 0 Å². The van der Waals surface area contributed by atoms with Gasteiger partial charge >= 0.3 is 12.1 Å². The van der Waals surface area contributed by atoms with Crippen LogP contribution in [0.3, 0.4) is 0 Å². The second kappa shape index (κ2) is 10.0. The summed E-state index contributed by atoms with van der Waals surface area (Å²) in [5.41, 5.74) is 9.42. The Morgan fingerprint density at radius 1 is 1.03 bits per heavy atom. The Hall–Kier alpha value is -4.08. The Morgan fingerprint density at radius 2 is 1.80 bits per heavy atom. The number of carbonyl (C=O) groups is 2. The number of hydrazone groups is 1. The first-order valence-corrected chi connectivity index (χ1v) is 11.0. The van der Waals surface area contributed by atoms with Crippen LogP contribution >= 0.6 is 0 Å². The molecule has 0 aliphatic heterocycles. The number of hydrogen-bond acceptors (Lipinski definition) is 5. The molecule has 0 fully saturated rings. The SMILES string of the molecule is Cc1c(C(=O)NNC(=O)Cc2ccccc2)oc2c1/C(=N/Nc1cccc(C(F)(F)F)c1)CCC2. The summed E-state index contributed by atoms with van der Waals surface area (Å²) in [5, 5.41) is 4.31. The standard InChI is InChI=1S/C25H23F3N4O3/c1-15-22-19(30-29-18-10-5-9-17(14-18)25(26,27)28)11-6-12-20(22)35-23(15)24(34)32-31-21(33)13-16-7-3-2-4-8-16/h2-5,7-10,14,29H,6,11-13H2,1H3,(H,31,33)(H,32,34)/b30-19+. The number of alkyl halides is 3. The molecule has 4 rings (SSSR count). The van der Waals surface area contributed by atoms with Crippen molar-refractivity contribution in [2.75, 3.05) is 5.43 Å². The topological polar surface area (TPSA) is 95.7 Å². The lowest BCUT2D eigenvalue weighted by Gasteiger charge is -2.14. The van der Waals surface area contributed by atoms with Gasteiger partial charge < -0.3 is 4.42 Å². The van der Waals surface area contributed by atoms with Gasteiger partial charge in [-0.25, -0.2) is 0 Å². The molecular weight excluding hydrogens is 461 g/mol. The minimum absolute atomic E-state index is 0.0451. The lowest BCUT2D eigenvalue weighted by molar-refractivity contribution is -0.137. The average molecular weight is 484 g/mol. The van der Waals surface area contributed by atoms with Crippen molar-refractivity contribution in [2.24, 2.45) is 5.10 Å². The van der Waals surface area contributed by atoms with Gasteiger partial charge in [-0.05, 0) is 43.5 Å². The fraction of sp³-hybridized carbons (Fsp3) is 0.240. The van der Waals surface area contributed by atoms with Crippen molar-refractivity contribution in [3.8, 4) is 0 Å². The maximum atomic E-state index is 13.0. The highest BCUT2D eigenvalue weighted by molar-refractivity contribution is 6.06. The summed E-state index contributed by atoms with van der Waals surface area (Å²) >= 11 is 0. The minimum Gasteiger partial charge on any atom is -0.455 e. The number of hydrazine groups is 1. The van der Waals surface area contributed by atoms with E-state index in [1.165, 1.54) is 12.1 Å². The van der Waals surface area contributed by atoms with Crippen LogP contribution < -0.4 is 16.3 Å². The van der Waals surface area contributed by atoms with E-state index in [-0.39, 0.29) is 23.8 Å². The molecular formula is C25H23F3N4O3. The number of fused-ring (bicyclic) bond motifs is 1. The van der Waals surface area contributed by atoms with Gasteiger partial charge in [-0.1, -0.05) is 36.4 Å². The maximum absolute atomic E-state index is 13.0. The summed E-state index contributed by atoms with van der Waals surface area (Å²) < 4.78 is 44.7. The Bertz CT molecular complexity index is 1270. The van der Waals surface area contributed by atoms with E-state index in [1.807, 2.05) is 18.2 Å². The summed E-state index contributed by atoms with van der Waals surface area (Å²) in [6, 6.07) is 13.8. The Balaban J connectivity index is 1.46. The number of anilines is 1. The first-order chi connectivity index (χ1) is 16.7. The maximum Gasteiger partial charge on any atom is 0.416 e. The van der Waals surface area contributed by atoms with Crippen molar-refractivity contribution in [3.05, 3.63) is 88.4 Å². The number of halogens is 3. The van der Waals surface area contributed by atoms with Gasteiger partial charge in [0.2, 0.25) is 5.91 Å². The second-order valence-corrected chi connectivity index (χ2v) is 8.12. The molecule has 1 aliphatic rings. The summed E-state index contributed by atoms with van der Waals surface area (Å²) in [6.07, 6.45) is -2.49. The number of nitrogens with zero attached hydrogens (tertiary/aromatic N) is 1. The molecule has 7 nitrogen and oxygen atoms in total. The van der Waals surface area contributed by atoms with Crippen LogP contribution in [0.4, 0.5) is 18.9 Å². The molecule has 2 aromatic carbocycles. The number of hydrogen-bond donors (Lipinski definition) is 3. The number of nitrogens with one attached hydrogen (secondary N) is 3.